The van der Waals surface area contributed by atoms with Crippen molar-refractivity contribution in [1.82, 2.24) is 20.2 Å². The Morgan fingerprint density at radius 1 is 1.41 bits per heavy atom. The lowest BCUT2D eigenvalue weighted by atomic mass is 10.1. The minimum Gasteiger partial charge on any atom is -0.330 e. The molecule has 6 heteroatoms. The van der Waals surface area contributed by atoms with Gasteiger partial charge in [0.05, 0.1) is 0 Å². The number of rotatable bonds is 5. The van der Waals surface area contributed by atoms with E-state index in [1.165, 1.54) is 5.56 Å². The molecule has 0 saturated heterocycles. The van der Waals surface area contributed by atoms with E-state index in [1.807, 2.05) is 12.1 Å². The molecule has 1 aromatic heterocycles. The van der Waals surface area contributed by atoms with Gasteiger partial charge in [-0.25, -0.2) is 4.68 Å². The molecule has 0 unspecified atom stereocenters. The molecule has 0 spiro atoms. The van der Waals surface area contributed by atoms with Gasteiger partial charge in [0.25, 0.3) is 0 Å². The molecule has 2 rings (SSSR count). The fourth-order valence-corrected chi connectivity index (χ4v) is 1.58. The maximum atomic E-state index is 5.50. The lowest BCUT2D eigenvalue weighted by molar-refractivity contribution is 0.715. The van der Waals surface area contributed by atoms with Gasteiger partial charge in [-0.05, 0) is 47.5 Å². The Kier molecular flexibility index (Phi) is 3.66. The topological polar surface area (TPSA) is 81.7 Å². The van der Waals surface area contributed by atoms with Crippen LogP contribution in [0, 0.1) is 0 Å². The molecule has 0 amide bonds. The Morgan fingerprint density at radius 2 is 2.29 bits per heavy atom. The van der Waals surface area contributed by atoms with Crippen LogP contribution in [0.15, 0.2) is 24.3 Å². The summed E-state index contributed by atoms with van der Waals surface area (Å²) >= 11 is 0. The molecule has 3 N–H and O–H groups in total. The summed E-state index contributed by atoms with van der Waals surface area (Å²) in [5.74, 6) is 0.626. The number of benzene rings is 1. The van der Waals surface area contributed by atoms with E-state index in [-0.39, 0.29) is 0 Å². The number of nitrogens with two attached hydrogens (primary N) is 1. The third-order valence-corrected chi connectivity index (χ3v) is 2.47. The highest BCUT2D eigenvalue weighted by atomic mass is 15.6. The summed E-state index contributed by atoms with van der Waals surface area (Å²) in [6.45, 7) is 0.713. The first-order chi connectivity index (χ1) is 8.29. The van der Waals surface area contributed by atoms with E-state index in [0.717, 1.165) is 18.5 Å². The minimum absolute atomic E-state index is 0.626. The van der Waals surface area contributed by atoms with Crippen molar-refractivity contribution in [3.05, 3.63) is 29.8 Å². The second-order valence-corrected chi connectivity index (χ2v) is 3.84. The smallest absolute Gasteiger partial charge is 0.247 e. The third kappa shape index (κ3) is 3.01. The van der Waals surface area contributed by atoms with E-state index in [0.29, 0.717) is 12.5 Å². The zero-order valence-electron chi connectivity index (χ0n) is 9.80. The number of hydrogen-bond acceptors (Lipinski definition) is 5. The molecule has 0 aliphatic carbocycles. The Balaban J connectivity index is 2.08. The summed E-state index contributed by atoms with van der Waals surface area (Å²) in [5, 5.41) is 14.4. The number of aryl methyl sites for hydroxylation is 2. The van der Waals surface area contributed by atoms with E-state index in [4.69, 9.17) is 5.73 Å². The molecule has 0 atom stereocenters. The van der Waals surface area contributed by atoms with Crippen molar-refractivity contribution >= 4 is 11.6 Å². The summed E-state index contributed by atoms with van der Waals surface area (Å²) in [7, 11) is 1.79. The van der Waals surface area contributed by atoms with Crippen molar-refractivity contribution in [3.8, 4) is 0 Å². The van der Waals surface area contributed by atoms with Gasteiger partial charge in [-0.2, -0.15) is 0 Å². The average Bonchev–Trinajstić information content (AvgIpc) is 2.73. The van der Waals surface area contributed by atoms with Gasteiger partial charge >= 0.3 is 0 Å². The van der Waals surface area contributed by atoms with Crippen molar-refractivity contribution in [2.45, 2.75) is 12.8 Å². The molecule has 0 radical (unpaired) electrons. The van der Waals surface area contributed by atoms with Gasteiger partial charge in [-0.1, -0.05) is 17.2 Å². The molecule has 6 nitrogen and oxygen atoms in total. The predicted molar refractivity (Wildman–Crippen MR) is 65.9 cm³/mol. The molecule has 1 heterocycles. The molecule has 0 aliphatic rings. The number of hydrogen-bond donors (Lipinski definition) is 2. The zero-order valence-corrected chi connectivity index (χ0v) is 9.80. The first-order valence-electron chi connectivity index (χ1n) is 5.58. The Labute approximate surface area is 99.8 Å². The largest absolute Gasteiger partial charge is 0.330 e. The van der Waals surface area contributed by atoms with E-state index >= 15 is 0 Å². The molecule has 0 bridgehead atoms. The predicted octanol–water partition coefficient (Wildman–Crippen LogP) is 0.845. The van der Waals surface area contributed by atoms with Crippen molar-refractivity contribution in [2.75, 3.05) is 11.9 Å². The number of nitrogens with one attached hydrogen (secondary N) is 1. The van der Waals surface area contributed by atoms with Crippen LogP contribution in [-0.4, -0.2) is 26.8 Å². The summed E-state index contributed by atoms with van der Waals surface area (Å²) in [4.78, 5) is 0. The second kappa shape index (κ2) is 5.40. The Bertz CT molecular complexity index is 478. The quantitative estimate of drug-likeness (QED) is 0.798. The average molecular weight is 232 g/mol. The number of anilines is 2. The molecule has 0 aliphatic heterocycles. The van der Waals surface area contributed by atoms with E-state index in [2.05, 4.69) is 33.0 Å². The third-order valence-electron chi connectivity index (χ3n) is 2.47. The Morgan fingerprint density at radius 3 is 3.00 bits per heavy atom. The zero-order chi connectivity index (χ0) is 12.1. The van der Waals surface area contributed by atoms with Crippen molar-refractivity contribution in [1.29, 1.82) is 0 Å². The maximum Gasteiger partial charge on any atom is 0.247 e. The first kappa shape index (κ1) is 11.5. The summed E-state index contributed by atoms with van der Waals surface area (Å²) in [6.07, 6.45) is 1.98. The van der Waals surface area contributed by atoms with Crippen LogP contribution in [0.5, 0.6) is 0 Å². The van der Waals surface area contributed by atoms with Crippen LogP contribution in [0.2, 0.25) is 0 Å². The van der Waals surface area contributed by atoms with Crippen LogP contribution in [-0.2, 0) is 13.5 Å². The van der Waals surface area contributed by atoms with Gasteiger partial charge < -0.3 is 11.1 Å². The van der Waals surface area contributed by atoms with Crippen LogP contribution in [0.4, 0.5) is 11.6 Å². The van der Waals surface area contributed by atoms with Crippen LogP contribution in [0.25, 0.3) is 0 Å². The second-order valence-electron chi connectivity index (χ2n) is 3.84. The van der Waals surface area contributed by atoms with Crippen LogP contribution >= 0.6 is 0 Å². The molecule has 17 heavy (non-hydrogen) atoms. The standard InChI is InChI=1S/C11H16N6/c1-17-11(14-15-16-17)13-10-6-2-4-9(8-10)5-3-7-12/h2,4,6,8H,3,5,7,12H2,1H3,(H,13,14,16). The molecule has 2 aromatic rings. The fraction of sp³-hybridized carbons (Fsp3) is 0.364. The van der Waals surface area contributed by atoms with Gasteiger partial charge in [0.2, 0.25) is 5.95 Å². The summed E-state index contributed by atoms with van der Waals surface area (Å²) < 4.78 is 1.59. The van der Waals surface area contributed by atoms with Crippen molar-refractivity contribution in [3.63, 3.8) is 0 Å². The molecular weight excluding hydrogens is 216 g/mol. The maximum absolute atomic E-state index is 5.50. The molecule has 0 saturated carbocycles. The van der Waals surface area contributed by atoms with Crippen molar-refractivity contribution in [2.24, 2.45) is 12.8 Å². The minimum atomic E-state index is 0.626. The molecule has 0 fully saturated rings. The first-order valence-corrected chi connectivity index (χ1v) is 5.58. The monoisotopic (exact) mass is 232 g/mol. The Hall–Kier alpha value is -1.95. The van der Waals surface area contributed by atoms with Gasteiger partial charge in [-0.15, -0.1) is 0 Å². The normalized spacial score (nSPS) is 10.5. The fourth-order valence-electron chi connectivity index (χ4n) is 1.58. The number of nitrogens with zero attached hydrogens (tertiary/aromatic N) is 4. The van der Waals surface area contributed by atoms with Crippen LogP contribution in [0.3, 0.4) is 0 Å². The SMILES string of the molecule is Cn1nnnc1Nc1cccc(CCCN)c1. The highest BCUT2D eigenvalue weighted by Crippen LogP contribution is 2.15. The molecule has 1 aromatic carbocycles. The lowest BCUT2D eigenvalue weighted by Crippen LogP contribution is -2.02. The van der Waals surface area contributed by atoms with E-state index in [1.54, 1.807) is 11.7 Å². The van der Waals surface area contributed by atoms with Crippen molar-refractivity contribution < 1.29 is 0 Å². The van der Waals surface area contributed by atoms with E-state index in [9.17, 15) is 0 Å². The van der Waals surface area contributed by atoms with E-state index < -0.39 is 0 Å². The highest BCUT2D eigenvalue weighted by Gasteiger charge is 2.02. The lowest BCUT2D eigenvalue weighted by Gasteiger charge is -2.06. The van der Waals surface area contributed by atoms with Gasteiger partial charge in [0, 0.05) is 12.7 Å². The highest BCUT2D eigenvalue weighted by molar-refractivity contribution is 5.54. The summed E-state index contributed by atoms with van der Waals surface area (Å²) in [6, 6.07) is 8.18. The van der Waals surface area contributed by atoms with Gasteiger partial charge in [0.15, 0.2) is 0 Å². The molecular formula is C11H16N6. The molecule has 90 valence electrons. The van der Waals surface area contributed by atoms with Gasteiger partial charge in [0.1, 0.15) is 0 Å². The van der Waals surface area contributed by atoms with Crippen LogP contribution < -0.4 is 11.1 Å². The number of aromatic nitrogens is 4. The number of tetrazole rings is 1. The summed E-state index contributed by atoms with van der Waals surface area (Å²) in [5.41, 5.74) is 7.74. The van der Waals surface area contributed by atoms with Gasteiger partial charge in [-0.3, -0.25) is 0 Å². The van der Waals surface area contributed by atoms with Crippen LogP contribution in [0.1, 0.15) is 12.0 Å².